The summed E-state index contributed by atoms with van der Waals surface area (Å²) < 4.78 is 13.8. The van der Waals surface area contributed by atoms with E-state index in [1.165, 1.54) is 35.2 Å². The van der Waals surface area contributed by atoms with Crippen LogP contribution in [-0.2, 0) is 14.4 Å². The molecule has 1 aromatic heterocycles. The van der Waals surface area contributed by atoms with Crippen molar-refractivity contribution in [3.8, 4) is 0 Å². The number of hydrogen-bond donors (Lipinski definition) is 1. The van der Waals surface area contributed by atoms with Crippen molar-refractivity contribution < 1.29 is 18.8 Å². The molecule has 31 heavy (non-hydrogen) atoms. The zero-order chi connectivity index (χ0) is 22.0. The van der Waals surface area contributed by atoms with Gasteiger partial charge in [-0.05, 0) is 24.3 Å². The molecule has 164 valence electrons. The predicted molar refractivity (Wildman–Crippen MR) is 115 cm³/mol. The molecule has 1 aromatic carbocycles. The molecule has 0 bridgehead atoms. The van der Waals surface area contributed by atoms with Gasteiger partial charge in [0.2, 0.25) is 22.9 Å². The maximum absolute atomic E-state index is 13.1. The van der Waals surface area contributed by atoms with Crippen molar-refractivity contribution in [1.82, 2.24) is 15.1 Å². The molecule has 12 heteroatoms. The van der Waals surface area contributed by atoms with Crippen LogP contribution in [0.3, 0.4) is 0 Å². The van der Waals surface area contributed by atoms with Gasteiger partial charge in [-0.2, -0.15) is 0 Å². The Morgan fingerprint density at radius 2 is 1.87 bits per heavy atom. The quantitative estimate of drug-likeness (QED) is 0.634. The molecule has 2 saturated heterocycles. The van der Waals surface area contributed by atoms with Crippen molar-refractivity contribution >= 4 is 51.6 Å². The number of piperazine rings is 1. The molecule has 0 radical (unpaired) electrons. The van der Waals surface area contributed by atoms with Gasteiger partial charge >= 0.3 is 0 Å². The van der Waals surface area contributed by atoms with E-state index in [0.717, 1.165) is 5.13 Å². The van der Waals surface area contributed by atoms with E-state index >= 15 is 0 Å². The van der Waals surface area contributed by atoms with Crippen LogP contribution < -0.4 is 15.5 Å². The zero-order valence-electron chi connectivity index (χ0n) is 16.6. The highest BCUT2D eigenvalue weighted by molar-refractivity contribution is 8.01. The molecule has 0 aliphatic carbocycles. The largest absolute Gasteiger partial charge is 0.369 e. The number of anilines is 2. The van der Waals surface area contributed by atoms with Gasteiger partial charge in [0.1, 0.15) is 5.82 Å². The van der Waals surface area contributed by atoms with Gasteiger partial charge in [0.25, 0.3) is 0 Å². The number of rotatable bonds is 6. The molecule has 2 aromatic rings. The Kier molecular flexibility index (Phi) is 6.37. The highest BCUT2D eigenvalue weighted by Gasteiger charge is 2.38. The maximum Gasteiger partial charge on any atom is 0.228 e. The summed E-state index contributed by atoms with van der Waals surface area (Å²) in [6.07, 6.45) is 0.160. The summed E-state index contributed by atoms with van der Waals surface area (Å²) in [4.78, 5) is 41.7. The van der Waals surface area contributed by atoms with Gasteiger partial charge in [-0.25, -0.2) is 4.39 Å². The van der Waals surface area contributed by atoms with Crippen molar-refractivity contribution in [2.75, 3.05) is 48.3 Å². The van der Waals surface area contributed by atoms with E-state index in [1.54, 1.807) is 21.9 Å². The Morgan fingerprint density at radius 1 is 1.16 bits per heavy atom. The van der Waals surface area contributed by atoms with E-state index in [4.69, 9.17) is 5.73 Å². The van der Waals surface area contributed by atoms with E-state index < -0.39 is 11.8 Å². The average Bonchev–Trinajstić information content (AvgIpc) is 3.39. The number of nitrogens with zero attached hydrogens (tertiary/aromatic N) is 5. The van der Waals surface area contributed by atoms with Crippen LogP contribution in [0, 0.1) is 11.7 Å². The van der Waals surface area contributed by atoms with Crippen molar-refractivity contribution in [3.05, 3.63) is 30.1 Å². The number of amides is 3. The summed E-state index contributed by atoms with van der Waals surface area (Å²) in [7, 11) is 0. The topological polar surface area (TPSA) is 113 Å². The third kappa shape index (κ3) is 4.96. The number of halogens is 1. The van der Waals surface area contributed by atoms with Crippen LogP contribution in [0.5, 0.6) is 0 Å². The first-order valence-corrected chi connectivity index (χ1v) is 11.5. The van der Waals surface area contributed by atoms with E-state index in [2.05, 4.69) is 15.1 Å². The Bertz CT molecular complexity index is 977. The minimum absolute atomic E-state index is 0.0346. The first kappa shape index (κ1) is 21.5. The highest BCUT2D eigenvalue weighted by Crippen LogP contribution is 2.30. The minimum Gasteiger partial charge on any atom is -0.369 e. The summed E-state index contributed by atoms with van der Waals surface area (Å²) in [6, 6.07) is 5.72. The Hall–Kier alpha value is -2.73. The molecule has 0 spiro atoms. The van der Waals surface area contributed by atoms with Crippen LogP contribution in [0.1, 0.15) is 6.42 Å². The summed E-state index contributed by atoms with van der Waals surface area (Å²) >= 11 is 2.65. The van der Waals surface area contributed by atoms with Gasteiger partial charge in [-0.15, -0.1) is 10.2 Å². The summed E-state index contributed by atoms with van der Waals surface area (Å²) in [6.45, 7) is 2.60. The summed E-state index contributed by atoms with van der Waals surface area (Å²) in [5.74, 6) is -1.17. The van der Waals surface area contributed by atoms with Gasteiger partial charge in [0.15, 0.2) is 4.34 Å². The molecule has 3 heterocycles. The van der Waals surface area contributed by atoms with Crippen molar-refractivity contribution in [2.45, 2.75) is 10.8 Å². The molecule has 3 amide bonds. The van der Waals surface area contributed by atoms with Crippen LogP contribution in [0.15, 0.2) is 28.6 Å². The number of primary amides is 1. The Morgan fingerprint density at radius 3 is 2.55 bits per heavy atom. The second-order valence-corrected chi connectivity index (χ2v) is 9.48. The van der Waals surface area contributed by atoms with Crippen LogP contribution in [0.4, 0.5) is 15.2 Å². The lowest BCUT2D eigenvalue weighted by molar-refractivity contribution is -0.136. The predicted octanol–water partition coefficient (Wildman–Crippen LogP) is 0.956. The normalized spacial score (nSPS) is 19.2. The van der Waals surface area contributed by atoms with E-state index in [1.807, 2.05) is 0 Å². The van der Waals surface area contributed by atoms with Gasteiger partial charge in [-0.3, -0.25) is 14.4 Å². The lowest BCUT2D eigenvalue weighted by atomic mass is 10.1. The molecule has 1 unspecified atom stereocenters. The number of thioether (sulfide) groups is 1. The van der Waals surface area contributed by atoms with E-state index in [-0.39, 0.29) is 29.8 Å². The van der Waals surface area contributed by atoms with Crippen molar-refractivity contribution in [1.29, 1.82) is 0 Å². The van der Waals surface area contributed by atoms with Crippen LogP contribution in [0.2, 0.25) is 0 Å². The van der Waals surface area contributed by atoms with Gasteiger partial charge in [-0.1, -0.05) is 23.1 Å². The van der Waals surface area contributed by atoms with E-state index in [0.29, 0.717) is 42.8 Å². The second-order valence-electron chi connectivity index (χ2n) is 7.30. The standard InChI is InChI=1S/C19H21FN6O3S2/c20-13-1-3-14(4-2-13)26-10-12(9-16(26)28)17(29)24-5-7-25(8-6-24)18-22-23-19(31-18)30-11-15(21)27/h1-4,12H,5-11H2,(H2,21,27). The SMILES string of the molecule is NC(=O)CSc1nnc(N2CCN(C(=O)C3CC(=O)N(c4ccc(F)cc4)C3)CC2)s1. The lowest BCUT2D eigenvalue weighted by Gasteiger charge is -2.35. The monoisotopic (exact) mass is 464 g/mol. The zero-order valence-corrected chi connectivity index (χ0v) is 18.2. The Labute approximate surface area is 186 Å². The first-order chi connectivity index (χ1) is 14.9. The smallest absolute Gasteiger partial charge is 0.228 e. The van der Waals surface area contributed by atoms with Crippen LogP contribution >= 0.6 is 23.1 Å². The molecule has 2 N–H and O–H groups in total. The number of nitrogens with two attached hydrogens (primary N) is 1. The minimum atomic E-state index is -0.405. The fourth-order valence-corrected chi connectivity index (χ4v) is 5.27. The second kappa shape index (κ2) is 9.18. The number of aromatic nitrogens is 2. The molecule has 1 atom stereocenters. The third-order valence-electron chi connectivity index (χ3n) is 5.21. The number of carbonyl (C=O) groups excluding carboxylic acids is 3. The molecular weight excluding hydrogens is 443 g/mol. The maximum atomic E-state index is 13.1. The molecule has 4 rings (SSSR count). The fraction of sp³-hybridized carbons (Fsp3) is 0.421. The molecule has 2 fully saturated rings. The van der Waals surface area contributed by atoms with Crippen LogP contribution in [-0.4, -0.2) is 71.3 Å². The number of benzene rings is 1. The average molecular weight is 465 g/mol. The lowest BCUT2D eigenvalue weighted by Crippen LogP contribution is -2.50. The first-order valence-electron chi connectivity index (χ1n) is 9.75. The van der Waals surface area contributed by atoms with Gasteiger partial charge in [0, 0.05) is 44.8 Å². The molecule has 2 aliphatic heterocycles. The van der Waals surface area contributed by atoms with Crippen molar-refractivity contribution in [3.63, 3.8) is 0 Å². The molecular formula is C19H21FN6O3S2. The number of hydrogen-bond acceptors (Lipinski definition) is 8. The number of carbonyl (C=O) groups is 3. The fourth-order valence-electron chi connectivity index (χ4n) is 3.64. The highest BCUT2D eigenvalue weighted by atomic mass is 32.2. The van der Waals surface area contributed by atoms with Gasteiger partial charge < -0.3 is 20.4 Å². The molecule has 0 saturated carbocycles. The molecule has 9 nitrogen and oxygen atoms in total. The third-order valence-corrected chi connectivity index (χ3v) is 7.35. The van der Waals surface area contributed by atoms with Gasteiger partial charge in [0.05, 0.1) is 11.7 Å². The van der Waals surface area contributed by atoms with Crippen LogP contribution in [0.25, 0.3) is 0 Å². The Balaban J connectivity index is 1.31. The summed E-state index contributed by atoms with van der Waals surface area (Å²) in [5, 5.41) is 8.98. The molecule has 2 aliphatic rings. The summed E-state index contributed by atoms with van der Waals surface area (Å²) in [5.41, 5.74) is 5.76. The van der Waals surface area contributed by atoms with E-state index in [9.17, 15) is 18.8 Å². The van der Waals surface area contributed by atoms with Crippen molar-refractivity contribution in [2.24, 2.45) is 11.7 Å².